The lowest BCUT2D eigenvalue weighted by Crippen LogP contribution is -2.19. The molecule has 0 atom stereocenters. The lowest BCUT2D eigenvalue weighted by molar-refractivity contribution is -0.137. The Hall–Kier alpha value is -2.68. The number of thiazole rings is 1. The largest absolute Gasteiger partial charge is 0.416 e. The van der Waals surface area contributed by atoms with Gasteiger partial charge in [-0.2, -0.15) is 18.3 Å². The van der Waals surface area contributed by atoms with Crippen molar-refractivity contribution in [1.29, 1.82) is 0 Å². The van der Waals surface area contributed by atoms with Crippen molar-refractivity contribution in [2.24, 2.45) is 5.10 Å². The van der Waals surface area contributed by atoms with Gasteiger partial charge in [0.05, 0.1) is 23.9 Å². The molecule has 24 heavy (non-hydrogen) atoms. The SMILES string of the molecule is O=C(Cc1cn2ccsc2n1)NN=Cc1ccc(C(F)(F)F)cc1. The molecule has 1 N–H and O–H groups in total. The molecular formula is C15H11F3N4OS. The van der Waals surface area contributed by atoms with Crippen LogP contribution in [0.2, 0.25) is 0 Å². The normalized spacial score (nSPS) is 12.1. The molecule has 2 heterocycles. The number of hydrogen-bond acceptors (Lipinski definition) is 4. The Labute approximate surface area is 138 Å². The average molecular weight is 352 g/mol. The minimum Gasteiger partial charge on any atom is -0.297 e. The minimum absolute atomic E-state index is 0.0682. The summed E-state index contributed by atoms with van der Waals surface area (Å²) in [7, 11) is 0. The molecule has 0 aliphatic heterocycles. The van der Waals surface area contributed by atoms with E-state index < -0.39 is 11.7 Å². The molecule has 3 aromatic rings. The molecule has 5 nitrogen and oxygen atoms in total. The number of fused-ring (bicyclic) bond motifs is 1. The van der Waals surface area contributed by atoms with Crippen molar-refractivity contribution in [2.45, 2.75) is 12.6 Å². The summed E-state index contributed by atoms with van der Waals surface area (Å²) < 4.78 is 39.1. The van der Waals surface area contributed by atoms with Crippen LogP contribution < -0.4 is 5.43 Å². The van der Waals surface area contributed by atoms with E-state index in [-0.39, 0.29) is 12.3 Å². The summed E-state index contributed by atoms with van der Waals surface area (Å²) in [6, 6.07) is 4.48. The number of alkyl halides is 3. The molecule has 0 fully saturated rings. The highest BCUT2D eigenvalue weighted by molar-refractivity contribution is 7.15. The fourth-order valence-corrected chi connectivity index (χ4v) is 2.72. The fraction of sp³-hybridized carbons (Fsp3) is 0.133. The molecule has 0 saturated carbocycles. The maximum absolute atomic E-state index is 12.4. The molecule has 1 aromatic carbocycles. The van der Waals surface area contributed by atoms with Gasteiger partial charge in [0, 0.05) is 17.8 Å². The van der Waals surface area contributed by atoms with Crippen LogP contribution in [-0.4, -0.2) is 21.5 Å². The monoisotopic (exact) mass is 352 g/mol. The number of carbonyl (C=O) groups is 1. The van der Waals surface area contributed by atoms with E-state index in [1.54, 1.807) is 6.20 Å². The van der Waals surface area contributed by atoms with Crippen LogP contribution in [-0.2, 0) is 17.4 Å². The van der Waals surface area contributed by atoms with Crippen molar-refractivity contribution in [2.75, 3.05) is 0 Å². The van der Waals surface area contributed by atoms with Crippen LogP contribution in [0.15, 0.2) is 47.1 Å². The van der Waals surface area contributed by atoms with Gasteiger partial charge in [0.15, 0.2) is 4.96 Å². The summed E-state index contributed by atoms with van der Waals surface area (Å²) in [6.45, 7) is 0. The first-order valence-electron chi connectivity index (χ1n) is 6.82. The van der Waals surface area contributed by atoms with Gasteiger partial charge in [-0.15, -0.1) is 11.3 Å². The van der Waals surface area contributed by atoms with Crippen LogP contribution in [0.1, 0.15) is 16.8 Å². The zero-order valence-electron chi connectivity index (χ0n) is 12.1. The van der Waals surface area contributed by atoms with Gasteiger partial charge in [0.25, 0.3) is 0 Å². The van der Waals surface area contributed by atoms with Gasteiger partial charge in [0.2, 0.25) is 5.91 Å². The fourth-order valence-electron chi connectivity index (χ4n) is 2.00. The lowest BCUT2D eigenvalue weighted by atomic mass is 10.1. The number of hydrazone groups is 1. The zero-order chi connectivity index (χ0) is 17.2. The molecule has 1 amide bonds. The maximum Gasteiger partial charge on any atom is 0.416 e. The number of nitrogens with one attached hydrogen (secondary N) is 1. The Morgan fingerprint density at radius 2 is 2.08 bits per heavy atom. The number of hydrogen-bond donors (Lipinski definition) is 1. The summed E-state index contributed by atoms with van der Waals surface area (Å²) in [6.07, 6.45) is 0.576. The number of benzene rings is 1. The molecule has 0 aliphatic rings. The highest BCUT2D eigenvalue weighted by Gasteiger charge is 2.29. The molecule has 0 radical (unpaired) electrons. The summed E-state index contributed by atoms with van der Waals surface area (Å²) >= 11 is 1.46. The highest BCUT2D eigenvalue weighted by Crippen LogP contribution is 2.28. The molecule has 0 unspecified atom stereocenters. The Balaban J connectivity index is 1.55. The number of carbonyl (C=O) groups excluding carboxylic acids is 1. The summed E-state index contributed by atoms with van der Waals surface area (Å²) in [5.41, 5.74) is 2.66. The Kier molecular flexibility index (Phi) is 4.34. The molecule has 0 aliphatic carbocycles. The molecule has 0 spiro atoms. The van der Waals surface area contributed by atoms with E-state index in [2.05, 4.69) is 15.5 Å². The summed E-state index contributed by atoms with van der Waals surface area (Å²) in [4.78, 5) is 16.8. The van der Waals surface area contributed by atoms with Gasteiger partial charge < -0.3 is 0 Å². The van der Waals surface area contributed by atoms with Crippen molar-refractivity contribution in [3.05, 3.63) is 58.9 Å². The average Bonchev–Trinajstić information content (AvgIpc) is 3.08. The van der Waals surface area contributed by atoms with Crippen molar-refractivity contribution in [1.82, 2.24) is 14.8 Å². The van der Waals surface area contributed by atoms with Crippen LogP contribution in [0.3, 0.4) is 0 Å². The Morgan fingerprint density at radius 1 is 1.33 bits per heavy atom. The predicted octanol–water partition coefficient (Wildman–Crippen LogP) is 3.11. The van der Waals surface area contributed by atoms with Gasteiger partial charge in [-0.3, -0.25) is 9.20 Å². The molecule has 0 saturated heterocycles. The second kappa shape index (κ2) is 6.44. The number of halogens is 3. The number of amides is 1. The van der Waals surface area contributed by atoms with Crippen LogP contribution >= 0.6 is 11.3 Å². The van der Waals surface area contributed by atoms with Crippen LogP contribution in [0.4, 0.5) is 13.2 Å². The van der Waals surface area contributed by atoms with Crippen molar-refractivity contribution >= 4 is 28.4 Å². The molecular weight excluding hydrogens is 341 g/mol. The predicted molar refractivity (Wildman–Crippen MR) is 84.0 cm³/mol. The number of nitrogens with zero attached hydrogens (tertiary/aromatic N) is 3. The first-order valence-corrected chi connectivity index (χ1v) is 7.70. The van der Waals surface area contributed by atoms with Gasteiger partial charge >= 0.3 is 6.18 Å². The molecule has 0 bridgehead atoms. The summed E-state index contributed by atoms with van der Waals surface area (Å²) in [5.74, 6) is -0.357. The van der Waals surface area contributed by atoms with E-state index in [4.69, 9.17) is 0 Å². The second-order valence-electron chi connectivity index (χ2n) is 4.91. The Bertz CT molecular complexity index is 852. The third-order valence-electron chi connectivity index (χ3n) is 3.13. The van der Waals surface area contributed by atoms with Crippen LogP contribution in [0, 0.1) is 0 Å². The lowest BCUT2D eigenvalue weighted by Gasteiger charge is -2.05. The smallest absolute Gasteiger partial charge is 0.297 e. The second-order valence-corrected chi connectivity index (χ2v) is 5.79. The van der Waals surface area contributed by atoms with E-state index in [9.17, 15) is 18.0 Å². The van der Waals surface area contributed by atoms with E-state index in [1.807, 2.05) is 16.0 Å². The molecule has 9 heteroatoms. The molecule has 3 rings (SSSR count). The van der Waals surface area contributed by atoms with Gasteiger partial charge in [-0.25, -0.2) is 10.4 Å². The van der Waals surface area contributed by atoms with Crippen molar-refractivity contribution < 1.29 is 18.0 Å². The topological polar surface area (TPSA) is 58.8 Å². The first kappa shape index (κ1) is 16.2. The standard InChI is InChI=1S/C15H11F3N4OS/c16-15(17,18)11-3-1-10(2-4-11)8-19-21-13(23)7-12-9-22-5-6-24-14(22)20-12/h1-6,8-9H,7H2,(H,21,23). The maximum atomic E-state index is 12.4. The van der Waals surface area contributed by atoms with Crippen LogP contribution in [0.25, 0.3) is 4.96 Å². The molecule has 2 aromatic heterocycles. The molecule has 124 valence electrons. The minimum atomic E-state index is -4.37. The Morgan fingerprint density at radius 3 is 2.75 bits per heavy atom. The quantitative estimate of drug-likeness (QED) is 0.579. The number of aromatic nitrogens is 2. The van der Waals surface area contributed by atoms with E-state index in [1.165, 1.54) is 29.7 Å². The van der Waals surface area contributed by atoms with Gasteiger partial charge in [-0.1, -0.05) is 12.1 Å². The van der Waals surface area contributed by atoms with E-state index in [0.29, 0.717) is 11.3 Å². The highest BCUT2D eigenvalue weighted by atomic mass is 32.1. The van der Waals surface area contributed by atoms with Gasteiger partial charge in [0.1, 0.15) is 0 Å². The van der Waals surface area contributed by atoms with Gasteiger partial charge in [-0.05, 0) is 17.7 Å². The number of imidazole rings is 1. The third-order valence-corrected chi connectivity index (χ3v) is 3.90. The van der Waals surface area contributed by atoms with Crippen LogP contribution in [0.5, 0.6) is 0 Å². The van der Waals surface area contributed by atoms with Crippen molar-refractivity contribution in [3.63, 3.8) is 0 Å². The zero-order valence-corrected chi connectivity index (χ0v) is 12.9. The summed E-state index contributed by atoms with van der Waals surface area (Å²) in [5, 5.41) is 5.62. The van der Waals surface area contributed by atoms with Crippen molar-refractivity contribution in [3.8, 4) is 0 Å². The van der Waals surface area contributed by atoms with E-state index in [0.717, 1.165) is 17.1 Å². The third kappa shape index (κ3) is 3.80. The first-order chi connectivity index (χ1) is 11.4. The number of rotatable bonds is 4. The van der Waals surface area contributed by atoms with E-state index >= 15 is 0 Å².